The molecule has 1 rings (SSSR count). The van der Waals surface area contributed by atoms with Crippen LogP contribution < -0.4 is 0 Å². The Balaban J connectivity index is 2.43. The summed E-state index contributed by atoms with van der Waals surface area (Å²) in [7, 11) is 0. The molecule has 3 nitrogen and oxygen atoms in total. The highest BCUT2D eigenvalue weighted by Crippen LogP contribution is 2.26. The second-order valence-electron chi connectivity index (χ2n) is 3.99. The third-order valence-corrected chi connectivity index (χ3v) is 3.16. The quantitative estimate of drug-likeness (QED) is 0.672. The Morgan fingerprint density at radius 1 is 1.57 bits per heavy atom. The smallest absolute Gasteiger partial charge is 0.219 e. The van der Waals surface area contributed by atoms with Crippen LogP contribution in [0.3, 0.4) is 0 Å². The van der Waals surface area contributed by atoms with Gasteiger partial charge in [0.1, 0.15) is 0 Å². The summed E-state index contributed by atoms with van der Waals surface area (Å²) >= 11 is 0. The second-order valence-corrected chi connectivity index (χ2v) is 3.99. The van der Waals surface area contributed by atoms with E-state index in [0.717, 1.165) is 32.4 Å². The van der Waals surface area contributed by atoms with Crippen LogP contribution in [0.25, 0.3) is 0 Å². The summed E-state index contributed by atoms with van der Waals surface area (Å²) in [6, 6.07) is 2.36. The fraction of sp³-hybridized carbons (Fsp3) is 0.818. The van der Waals surface area contributed by atoms with Gasteiger partial charge in [-0.15, -0.1) is 0 Å². The van der Waals surface area contributed by atoms with Crippen LogP contribution in [-0.4, -0.2) is 23.9 Å². The molecule has 14 heavy (non-hydrogen) atoms. The zero-order valence-corrected chi connectivity index (χ0v) is 8.99. The first-order valence-corrected chi connectivity index (χ1v) is 5.34. The summed E-state index contributed by atoms with van der Waals surface area (Å²) in [5.74, 6) is 0.846. The van der Waals surface area contributed by atoms with E-state index < -0.39 is 0 Å². The molecule has 0 aromatic carbocycles. The van der Waals surface area contributed by atoms with E-state index in [9.17, 15) is 4.79 Å². The molecule has 1 unspecified atom stereocenters. The molecule has 1 amide bonds. The molecule has 1 aliphatic rings. The Morgan fingerprint density at radius 3 is 2.50 bits per heavy atom. The zero-order valence-electron chi connectivity index (χ0n) is 8.99. The van der Waals surface area contributed by atoms with Crippen LogP contribution in [0.15, 0.2) is 0 Å². The van der Waals surface area contributed by atoms with Gasteiger partial charge >= 0.3 is 0 Å². The molecule has 1 fully saturated rings. The van der Waals surface area contributed by atoms with E-state index in [0.29, 0.717) is 5.92 Å². The fourth-order valence-electron chi connectivity index (χ4n) is 2.15. The lowest BCUT2D eigenvalue weighted by molar-refractivity contribution is -0.130. The summed E-state index contributed by atoms with van der Waals surface area (Å²) in [4.78, 5) is 13.0. The molecule has 0 saturated carbocycles. The molecule has 1 saturated heterocycles. The number of nitriles is 1. The van der Waals surface area contributed by atoms with E-state index in [1.54, 1.807) is 6.92 Å². The van der Waals surface area contributed by atoms with Crippen molar-refractivity contribution in [1.29, 1.82) is 5.26 Å². The van der Waals surface area contributed by atoms with E-state index >= 15 is 0 Å². The molecule has 0 aromatic rings. The van der Waals surface area contributed by atoms with Crippen molar-refractivity contribution in [3.05, 3.63) is 0 Å². The molecule has 0 aliphatic carbocycles. The van der Waals surface area contributed by atoms with Gasteiger partial charge in [-0.25, -0.2) is 0 Å². The number of amides is 1. The Hall–Kier alpha value is -1.04. The van der Waals surface area contributed by atoms with Crippen molar-refractivity contribution in [2.45, 2.75) is 33.1 Å². The minimum atomic E-state index is 0.161. The Morgan fingerprint density at radius 2 is 2.14 bits per heavy atom. The largest absolute Gasteiger partial charge is 0.343 e. The van der Waals surface area contributed by atoms with Gasteiger partial charge in [0.2, 0.25) is 5.91 Å². The summed E-state index contributed by atoms with van der Waals surface area (Å²) < 4.78 is 0. The normalized spacial score (nSPS) is 20.2. The highest BCUT2D eigenvalue weighted by Gasteiger charge is 2.26. The number of piperidine rings is 1. The van der Waals surface area contributed by atoms with Gasteiger partial charge in [0, 0.05) is 25.9 Å². The molecule has 3 heteroatoms. The van der Waals surface area contributed by atoms with Crippen LogP contribution >= 0.6 is 0 Å². The number of rotatable bonds is 2. The van der Waals surface area contributed by atoms with Gasteiger partial charge in [0.15, 0.2) is 0 Å². The van der Waals surface area contributed by atoms with Crippen molar-refractivity contribution < 1.29 is 4.79 Å². The van der Waals surface area contributed by atoms with Crippen molar-refractivity contribution in [2.75, 3.05) is 13.1 Å². The highest BCUT2D eigenvalue weighted by atomic mass is 16.2. The number of nitrogens with zero attached hydrogens (tertiary/aromatic N) is 2. The SMILES string of the molecule is CCC(C#N)C1CCN(C(C)=O)CC1. The molecule has 1 aliphatic heterocycles. The van der Waals surface area contributed by atoms with Crippen molar-refractivity contribution in [3.8, 4) is 6.07 Å². The van der Waals surface area contributed by atoms with E-state index in [1.807, 2.05) is 4.90 Å². The molecule has 0 N–H and O–H groups in total. The van der Waals surface area contributed by atoms with Gasteiger partial charge in [-0.2, -0.15) is 5.26 Å². The molecule has 0 aromatic heterocycles. The molecular formula is C11H18N2O. The number of hydrogen-bond donors (Lipinski definition) is 0. The van der Waals surface area contributed by atoms with Gasteiger partial charge in [0.05, 0.1) is 6.07 Å². The first-order chi connectivity index (χ1) is 6.69. The summed E-state index contributed by atoms with van der Waals surface area (Å²) in [6.07, 6.45) is 2.92. The van der Waals surface area contributed by atoms with Crippen LogP contribution in [0.5, 0.6) is 0 Å². The first-order valence-electron chi connectivity index (χ1n) is 5.34. The number of carbonyl (C=O) groups is 1. The van der Waals surface area contributed by atoms with Crippen LogP contribution in [0.2, 0.25) is 0 Å². The van der Waals surface area contributed by atoms with Crippen LogP contribution in [0.1, 0.15) is 33.1 Å². The van der Waals surface area contributed by atoms with Crippen LogP contribution in [0, 0.1) is 23.2 Å². The number of likely N-dealkylation sites (tertiary alicyclic amines) is 1. The standard InChI is InChI=1S/C11H18N2O/c1-3-10(8-12)11-4-6-13(7-5-11)9(2)14/h10-11H,3-7H2,1-2H3. The Kier molecular flexibility index (Phi) is 3.94. The molecule has 1 atom stereocenters. The summed E-state index contributed by atoms with van der Waals surface area (Å²) in [5, 5.41) is 8.92. The average molecular weight is 194 g/mol. The summed E-state index contributed by atoms with van der Waals surface area (Å²) in [5.41, 5.74) is 0. The van der Waals surface area contributed by atoms with Gasteiger partial charge < -0.3 is 4.90 Å². The van der Waals surface area contributed by atoms with Crippen molar-refractivity contribution in [3.63, 3.8) is 0 Å². The predicted octanol–water partition coefficient (Wildman–Crippen LogP) is 1.79. The fourth-order valence-corrected chi connectivity index (χ4v) is 2.15. The topological polar surface area (TPSA) is 44.1 Å². The van der Waals surface area contributed by atoms with Gasteiger partial charge in [-0.1, -0.05) is 6.92 Å². The lowest BCUT2D eigenvalue weighted by atomic mass is 9.83. The van der Waals surface area contributed by atoms with Crippen molar-refractivity contribution in [2.24, 2.45) is 11.8 Å². The monoisotopic (exact) mass is 194 g/mol. The third kappa shape index (κ3) is 2.47. The maximum Gasteiger partial charge on any atom is 0.219 e. The van der Waals surface area contributed by atoms with Gasteiger partial charge in [-0.3, -0.25) is 4.79 Å². The lowest BCUT2D eigenvalue weighted by Gasteiger charge is -2.33. The van der Waals surface area contributed by atoms with Crippen molar-refractivity contribution in [1.82, 2.24) is 4.90 Å². The molecular weight excluding hydrogens is 176 g/mol. The molecule has 78 valence electrons. The van der Waals surface area contributed by atoms with E-state index in [1.165, 1.54) is 0 Å². The number of carbonyl (C=O) groups excluding carboxylic acids is 1. The highest BCUT2D eigenvalue weighted by molar-refractivity contribution is 5.73. The van der Waals surface area contributed by atoms with E-state index in [2.05, 4.69) is 13.0 Å². The van der Waals surface area contributed by atoms with Gasteiger partial charge in [0.25, 0.3) is 0 Å². The van der Waals surface area contributed by atoms with Crippen LogP contribution in [-0.2, 0) is 4.79 Å². The molecule has 0 bridgehead atoms. The van der Waals surface area contributed by atoms with Crippen LogP contribution in [0.4, 0.5) is 0 Å². The summed E-state index contributed by atoms with van der Waals surface area (Å²) in [6.45, 7) is 5.34. The lowest BCUT2D eigenvalue weighted by Crippen LogP contribution is -2.38. The average Bonchev–Trinajstić information content (AvgIpc) is 2.20. The Bertz CT molecular complexity index is 236. The Labute approximate surface area is 85.7 Å². The predicted molar refractivity (Wildman–Crippen MR) is 54.4 cm³/mol. The van der Waals surface area contributed by atoms with E-state index in [-0.39, 0.29) is 11.8 Å². The van der Waals surface area contributed by atoms with Gasteiger partial charge in [-0.05, 0) is 25.2 Å². The molecule has 0 radical (unpaired) electrons. The number of hydrogen-bond acceptors (Lipinski definition) is 2. The minimum absolute atomic E-state index is 0.161. The minimum Gasteiger partial charge on any atom is -0.343 e. The third-order valence-electron chi connectivity index (χ3n) is 3.16. The maximum absolute atomic E-state index is 11.1. The van der Waals surface area contributed by atoms with Crippen molar-refractivity contribution >= 4 is 5.91 Å². The second kappa shape index (κ2) is 4.99. The van der Waals surface area contributed by atoms with E-state index in [4.69, 9.17) is 5.26 Å². The maximum atomic E-state index is 11.1. The first kappa shape index (κ1) is 11.0. The molecule has 0 spiro atoms. The molecule has 1 heterocycles. The zero-order chi connectivity index (χ0) is 10.6.